The summed E-state index contributed by atoms with van der Waals surface area (Å²) in [5.74, 6) is -0.746. The summed E-state index contributed by atoms with van der Waals surface area (Å²) in [6, 6.07) is 11.0. The summed E-state index contributed by atoms with van der Waals surface area (Å²) in [5.41, 5.74) is 0.296. The first-order valence-electron chi connectivity index (χ1n) is 10.1. The van der Waals surface area contributed by atoms with Crippen molar-refractivity contribution in [2.45, 2.75) is 43.9 Å². The van der Waals surface area contributed by atoms with E-state index >= 15 is 0 Å². The van der Waals surface area contributed by atoms with E-state index < -0.39 is 15.4 Å². The molecule has 2 aromatic carbocycles. The number of benzene rings is 2. The lowest BCUT2D eigenvalue weighted by atomic mass is 9.66. The first-order valence-corrected chi connectivity index (χ1v) is 11.5. The molecule has 0 bridgehead atoms. The molecule has 0 fully saturated rings. The molecule has 1 unspecified atom stereocenters. The average molecular weight is 441 g/mol. The van der Waals surface area contributed by atoms with Gasteiger partial charge in [-0.1, -0.05) is 38.1 Å². The number of ketones is 1. The predicted octanol–water partition coefficient (Wildman–Crippen LogP) is 4.15. The van der Waals surface area contributed by atoms with Gasteiger partial charge in [0.25, 0.3) is 10.0 Å². The average Bonchev–Trinajstić information content (AvgIpc) is 2.71. The molecule has 1 atom stereocenters. The van der Waals surface area contributed by atoms with Gasteiger partial charge in [-0.15, -0.1) is 4.40 Å². The number of nitrogens with one attached hydrogen (secondary N) is 1. The summed E-state index contributed by atoms with van der Waals surface area (Å²) in [4.78, 5) is 13.5. The third-order valence-corrected chi connectivity index (χ3v) is 7.22. The molecule has 1 aliphatic carbocycles. The van der Waals surface area contributed by atoms with Crippen LogP contribution in [0, 0.1) is 5.92 Å². The molecule has 4 rings (SSSR count). The molecule has 7 nitrogen and oxygen atoms in total. The number of phenols is 1. The quantitative estimate of drug-likeness (QED) is 0.615. The molecule has 1 heterocycles. The van der Waals surface area contributed by atoms with Crippen molar-refractivity contribution in [2.24, 2.45) is 10.3 Å². The number of aliphatic hydroxyl groups is 1. The van der Waals surface area contributed by atoms with Crippen molar-refractivity contribution < 1.29 is 23.4 Å². The molecule has 0 amide bonds. The van der Waals surface area contributed by atoms with E-state index in [0.717, 1.165) is 12.5 Å². The summed E-state index contributed by atoms with van der Waals surface area (Å²) in [7, 11) is -4.18. The number of amidine groups is 1. The first-order chi connectivity index (χ1) is 14.5. The lowest BCUT2D eigenvalue weighted by molar-refractivity contribution is -0.120. The van der Waals surface area contributed by atoms with Crippen LogP contribution in [0.2, 0.25) is 0 Å². The number of hydrogen-bond acceptors (Lipinski definition) is 6. The second-order valence-electron chi connectivity index (χ2n) is 8.58. The molecule has 0 saturated heterocycles. The molecule has 0 aromatic heterocycles. The number of nitrogens with zero attached hydrogens (tertiary/aromatic N) is 1. The number of fused-ring (bicyclic) bond motifs is 2. The number of aliphatic hydroxyl groups excluding tert-OH is 1. The van der Waals surface area contributed by atoms with Crippen molar-refractivity contribution in [3.05, 3.63) is 59.2 Å². The predicted molar refractivity (Wildman–Crippen MR) is 119 cm³/mol. The van der Waals surface area contributed by atoms with Crippen molar-refractivity contribution in [3.63, 3.8) is 0 Å². The minimum absolute atomic E-state index is 0.146. The molecule has 1 aliphatic heterocycles. The van der Waals surface area contributed by atoms with Crippen LogP contribution in [0.15, 0.2) is 57.3 Å². The van der Waals surface area contributed by atoms with Gasteiger partial charge in [0, 0.05) is 11.6 Å². The fraction of sp³-hybridized carbons (Fsp3) is 0.304. The van der Waals surface area contributed by atoms with Crippen molar-refractivity contribution in [3.8, 4) is 5.75 Å². The Morgan fingerprint density at radius 2 is 1.84 bits per heavy atom. The van der Waals surface area contributed by atoms with Gasteiger partial charge in [-0.25, -0.2) is 0 Å². The van der Waals surface area contributed by atoms with E-state index in [0.29, 0.717) is 23.5 Å². The number of phenolic OH excluding ortho intramolecular Hbond substituents is 1. The van der Waals surface area contributed by atoms with E-state index in [1.807, 2.05) is 19.1 Å². The van der Waals surface area contributed by atoms with Crippen LogP contribution in [-0.4, -0.2) is 30.2 Å². The highest BCUT2D eigenvalue weighted by molar-refractivity contribution is 7.90. The van der Waals surface area contributed by atoms with Crippen molar-refractivity contribution >= 4 is 33.1 Å². The van der Waals surface area contributed by atoms with Crippen LogP contribution in [-0.2, 0) is 20.2 Å². The minimum Gasteiger partial charge on any atom is -0.508 e. The van der Waals surface area contributed by atoms with Crippen LogP contribution >= 0.6 is 0 Å². The Kier molecular flexibility index (Phi) is 4.93. The van der Waals surface area contributed by atoms with Gasteiger partial charge in [-0.05, 0) is 43.4 Å². The van der Waals surface area contributed by atoms with Gasteiger partial charge in [-0.3, -0.25) is 4.79 Å². The molecule has 8 heteroatoms. The summed E-state index contributed by atoms with van der Waals surface area (Å²) in [5, 5.41) is 23.5. The number of hydrogen-bond donors (Lipinski definition) is 3. The zero-order valence-electron chi connectivity index (χ0n) is 17.5. The van der Waals surface area contributed by atoms with Crippen molar-refractivity contribution in [1.29, 1.82) is 0 Å². The van der Waals surface area contributed by atoms with E-state index in [1.165, 1.54) is 12.1 Å². The largest absolute Gasteiger partial charge is 0.508 e. The number of anilines is 1. The van der Waals surface area contributed by atoms with Gasteiger partial charge in [0.05, 0.1) is 11.1 Å². The molecule has 0 spiro atoms. The van der Waals surface area contributed by atoms with Gasteiger partial charge < -0.3 is 15.5 Å². The molecular weight excluding hydrogens is 416 g/mol. The van der Waals surface area contributed by atoms with Gasteiger partial charge in [0.15, 0.2) is 11.6 Å². The second-order valence-corrected chi connectivity index (χ2v) is 10.2. The van der Waals surface area contributed by atoms with E-state index in [1.54, 1.807) is 12.1 Å². The fourth-order valence-electron chi connectivity index (χ4n) is 4.11. The molecule has 162 valence electrons. The Balaban J connectivity index is 1.90. The number of rotatable bonds is 4. The monoisotopic (exact) mass is 440 g/mol. The SMILES string of the molecule is CC(C)CCC1(C)C(=O)C(C2=NS(=O)(=O)c3cc(O)ccc3N2)=C(O)c2ccccc21. The molecular formula is C23H24N2O5S. The smallest absolute Gasteiger partial charge is 0.286 e. The van der Waals surface area contributed by atoms with Gasteiger partial charge in [-0.2, -0.15) is 8.42 Å². The molecule has 3 N–H and O–H groups in total. The van der Waals surface area contributed by atoms with Crippen LogP contribution in [0.5, 0.6) is 5.75 Å². The Morgan fingerprint density at radius 3 is 2.55 bits per heavy atom. The fourth-order valence-corrected chi connectivity index (χ4v) is 5.25. The highest BCUT2D eigenvalue weighted by Crippen LogP contribution is 2.44. The summed E-state index contributed by atoms with van der Waals surface area (Å²) in [6.45, 7) is 5.97. The van der Waals surface area contributed by atoms with E-state index in [2.05, 4.69) is 23.6 Å². The van der Waals surface area contributed by atoms with Gasteiger partial charge >= 0.3 is 0 Å². The van der Waals surface area contributed by atoms with Crippen LogP contribution in [0.1, 0.15) is 44.7 Å². The standard InChI is InChI=1S/C23H24N2O5S/c1-13(2)10-11-23(3)16-7-5-4-6-15(16)20(27)19(21(23)28)22-24-17-9-8-14(26)12-18(17)31(29,30)25-22/h4-9,12-13,26-27H,10-11H2,1-3H3,(H,24,25). The van der Waals surface area contributed by atoms with Gasteiger partial charge in [0.2, 0.25) is 0 Å². The third kappa shape index (κ3) is 3.40. The van der Waals surface area contributed by atoms with Crippen LogP contribution in [0.3, 0.4) is 0 Å². The summed E-state index contributed by atoms with van der Waals surface area (Å²) >= 11 is 0. The number of Topliss-reactive ketones (excluding diaryl/α,β-unsaturated/α-hetero) is 1. The van der Waals surface area contributed by atoms with Gasteiger partial charge in [0.1, 0.15) is 22.0 Å². The molecule has 2 aliphatic rings. The van der Waals surface area contributed by atoms with E-state index in [9.17, 15) is 23.4 Å². The van der Waals surface area contributed by atoms with E-state index in [4.69, 9.17) is 0 Å². The highest BCUT2D eigenvalue weighted by atomic mass is 32.2. The number of aromatic hydroxyl groups is 1. The molecule has 31 heavy (non-hydrogen) atoms. The summed E-state index contributed by atoms with van der Waals surface area (Å²) in [6.07, 6.45) is 1.33. The Hall–Kier alpha value is -3.13. The van der Waals surface area contributed by atoms with Crippen molar-refractivity contribution in [1.82, 2.24) is 0 Å². The Bertz CT molecular complexity index is 1260. The minimum atomic E-state index is -4.18. The third-order valence-electron chi connectivity index (χ3n) is 5.91. The summed E-state index contributed by atoms with van der Waals surface area (Å²) < 4.78 is 29.3. The highest BCUT2D eigenvalue weighted by Gasteiger charge is 2.46. The number of carbonyl (C=O) groups is 1. The lowest BCUT2D eigenvalue weighted by Crippen LogP contribution is -2.42. The van der Waals surface area contributed by atoms with E-state index in [-0.39, 0.29) is 39.3 Å². The maximum atomic E-state index is 13.7. The maximum absolute atomic E-state index is 13.7. The first kappa shape index (κ1) is 21.1. The van der Waals surface area contributed by atoms with Crippen LogP contribution in [0.4, 0.5) is 5.69 Å². The molecule has 0 saturated carbocycles. The zero-order valence-corrected chi connectivity index (χ0v) is 18.3. The normalized spacial score (nSPS) is 21.9. The number of carbonyl (C=O) groups excluding carboxylic acids is 1. The van der Waals surface area contributed by atoms with Crippen LogP contribution < -0.4 is 5.32 Å². The van der Waals surface area contributed by atoms with Crippen LogP contribution in [0.25, 0.3) is 5.76 Å². The van der Waals surface area contributed by atoms with Crippen molar-refractivity contribution in [2.75, 3.05) is 5.32 Å². The topological polar surface area (TPSA) is 116 Å². The Morgan fingerprint density at radius 1 is 1.13 bits per heavy atom. The molecule has 2 aromatic rings. The molecule has 0 radical (unpaired) electrons. The second kappa shape index (κ2) is 7.23. The lowest BCUT2D eigenvalue weighted by Gasteiger charge is -2.36. The zero-order chi connectivity index (χ0) is 22.6. The maximum Gasteiger partial charge on any atom is 0.286 e. The Labute approximate surface area is 181 Å². The number of sulfonamides is 1.